The van der Waals surface area contributed by atoms with Crippen LogP contribution in [0.2, 0.25) is 5.02 Å². The molecule has 0 N–H and O–H groups in total. The van der Waals surface area contributed by atoms with Gasteiger partial charge in [0.15, 0.2) is 0 Å². The summed E-state index contributed by atoms with van der Waals surface area (Å²) >= 11 is 6.90. The third-order valence-corrected chi connectivity index (χ3v) is 8.46. The molecule has 8 aromatic rings. The van der Waals surface area contributed by atoms with E-state index in [1.807, 2.05) is 0 Å². The Bertz CT molecular complexity index is 2230. The molecule has 42 heavy (non-hydrogen) atoms. The molecule has 0 spiro atoms. The lowest BCUT2D eigenvalue weighted by atomic mass is 9.92. The molecule has 0 unspecified atom stereocenters. The summed E-state index contributed by atoms with van der Waals surface area (Å²) in [7, 11) is 0. The Morgan fingerprint density at radius 3 is 1.64 bits per heavy atom. The zero-order chi connectivity index (χ0) is 28.0. The third-order valence-electron chi connectivity index (χ3n) is 8.24. The first-order valence-electron chi connectivity index (χ1n) is 14.2. The van der Waals surface area contributed by atoms with Gasteiger partial charge in [0, 0.05) is 21.8 Å². The van der Waals surface area contributed by atoms with Crippen LogP contribution in [-0.2, 0) is 0 Å². The topological polar surface area (TPSA) is 3.24 Å². The fourth-order valence-corrected chi connectivity index (χ4v) is 6.59. The second kappa shape index (κ2) is 10.1. The maximum atomic E-state index is 6.90. The molecule has 0 amide bonds. The standard InChI is InChI=1S/C40H26ClN/c41-30-23-29(28-21-22-38-36-18-7-6-16-34(36)35-17-8-9-19-37(35)39(38)25-28)24-32(26-30)42(31-13-2-1-3-14-31)40-20-10-12-27-11-4-5-15-33(27)40/h1-26H. The zero-order valence-corrected chi connectivity index (χ0v) is 23.6. The largest absolute Gasteiger partial charge is 0.310 e. The van der Waals surface area contributed by atoms with E-state index in [4.69, 9.17) is 11.6 Å². The van der Waals surface area contributed by atoms with E-state index < -0.39 is 0 Å². The van der Waals surface area contributed by atoms with E-state index in [-0.39, 0.29) is 0 Å². The van der Waals surface area contributed by atoms with Gasteiger partial charge in [0.2, 0.25) is 0 Å². The normalized spacial score (nSPS) is 11.5. The average molecular weight is 556 g/mol. The van der Waals surface area contributed by atoms with Gasteiger partial charge in [0.05, 0.1) is 5.69 Å². The summed E-state index contributed by atoms with van der Waals surface area (Å²) in [6.45, 7) is 0. The van der Waals surface area contributed by atoms with Crippen LogP contribution in [0.25, 0.3) is 54.2 Å². The quantitative estimate of drug-likeness (QED) is 0.195. The van der Waals surface area contributed by atoms with Crippen LogP contribution in [0.15, 0.2) is 158 Å². The molecule has 0 saturated carbocycles. The average Bonchev–Trinajstić information content (AvgIpc) is 3.05. The first-order valence-corrected chi connectivity index (χ1v) is 14.6. The van der Waals surface area contributed by atoms with E-state index in [1.54, 1.807) is 0 Å². The molecule has 0 radical (unpaired) electrons. The molecule has 0 aromatic heterocycles. The van der Waals surface area contributed by atoms with E-state index in [0.29, 0.717) is 5.02 Å². The van der Waals surface area contributed by atoms with Crippen molar-refractivity contribution in [3.05, 3.63) is 163 Å². The lowest BCUT2D eigenvalue weighted by molar-refractivity contribution is 1.30. The van der Waals surface area contributed by atoms with Crippen molar-refractivity contribution in [3.63, 3.8) is 0 Å². The van der Waals surface area contributed by atoms with Crippen molar-refractivity contribution in [1.29, 1.82) is 0 Å². The molecular weight excluding hydrogens is 530 g/mol. The van der Waals surface area contributed by atoms with Crippen molar-refractivity contribution in [3.8, 4) is 11.1 Å². The van der Waals surface area contributed by atoms with Gasteiger partial charge in [-0.25, -0.2) is 0 Å². The summed E-state index contributed by atoms with van der Waals surface area (Å²) in [5.74, 6) is 0. The van der Waals surface area contributed by atoms with Crippen molar-refractivity contribution < 1.29 is 0 Å². The summed E-state index contributed by atoms with van der Waals surface area (Å²) in [6, 6.07) is 56.1. The Labute approximate surface area is 249 Å². The van der Waals surface area contributed by atoms with Crippen LogP contribution in [0.3, 0.4) is 0 Å². The van der Waals surface area contributed by atoms with Crippen molar-refractivity contribution in [1.82, 2.24) is 0 Å². The number of para-hydroxylation sites is 1. The maximum absolute atomic E-state index is 6.90. The van der Waals surface area contributed by atoms with E-state index in [9.17, 15) is 0 Å². The van der Waals surface area contributed by atoms with E-state index in [0.717, 1.165) is 28.2 Å². The van der Waals surface area contributed by atoms with Gasteiger partial charge in [-0.15, -0.1) is 0 Å². The van der Waals surface area contributed by atoms with Gasteiger partial charge in [-0.2, -0.15) is 0 Å². The van der Waals surface area contributed by atoms with E-state index in [1.165, 1.54) is 43.1 Å². The van der Waals surface area contributed by atoms with Gasteiger partial charge < -0.3 is 4.90 Å². The highest BCUT2D eigenvalue weighted by Crippen LogP contribution is 2.42. The number of hydrogen-bond acceptors (Lipinski definition) is 1. The van der Waals surface area contributed by atoms with E-state index >= 15 is 0 Å². The molecule has 198 valence electrons. The van der Waals surface area contributed by atoms with Crippen LogP contribution >= 0.6 is 11.6 Å². The summed E-state index contributed by atoms with van der Waals surface area (Å²) in [4.78, 5) is 2.31. The summed E-state index contributed by atoms with van der Waals surface area (Å²) < 4.78 is 0. The van der Waals surface area contributed by atoms with Crippen LogP contribution in [0, 0.1) is 0 Å². The third kappa shape index (κ3) is 4.10. The molecule has 0 atom stereocenters. The molecule has 8 aromatic carbocycles. The van der Waals surface area contributed by atoms with Crippen LogP contribution in [0.1, 0.15) is 0 Å². The molecule has 0 aliphatic rings. The lowest BCUT2D eigenvalue weighted by Gasteiger charge is -2.27. The number of hydrogen-bond donors (Lipinski definition) is 0. The number of nitrogens with zero attached hydrogens (tertiary/aromatic N) is 1. The predicted molar refractivity (Wildman–Crippen MR) is 182 cm³/mol. The zero-order valence-electron chi connectivity index (χ0n) is 22.8. The number of halogens is 1. The van der Waals surface area contributed by atoms with Crippen molar-refractivity contribution in [2.45, 2.75) is 0 Å². The maximum Gasteiger partial charge on any atom is 0.0540 e. The minimum absolute atomic E-state index is 0.701. The molecule has 1 nitrogen and oxygen atoms in total. The lowest BCUT2D eigenvalue weighted by Crippen LogP contribution is -2.10. The van der Waals surface area contributed by atoms with Crippen LogP contribution in [0.5, 0.6) is 0 Å². The smallest absolute Gasteiger partial charge is 0.0540 e. The second-order valence-corrected chi connectivity index (χ2v) is 11.2. The first kappa shape index (κ1) is 24.7. The Morgan fingerprint density at radius 2 is 0.929 bits per heavy atom. The molecule has 0 aliphatic carbocycles. The fourth-order valence-electron chi connectivity index (χ4n) is 6.36. The van der Waals surface area contributed by atoms with Crippen LogP contribution < -0.4 is 4.90 Å². The summed E-state index contributed by atoms with van der Waals surface area (Å²) in [6.07, 6.45) is 0. The molecular formula is C40H26ClN. The molecule has 0 heterocycles. The second-order valence-electron chi connectivity index (χ2n) is 10.7. The molecule has 2 heteroatoms. The van der Waals surface area contributed by atoms with Crippen LogP contribution in [-0.4, -0.2) is 0 Å². The molecule has 0 aliphatic heterocycles. The van der Waals surface area contributed by atoms with Crippen molar-refractivity contribution in [2.24, 2.45) is 0 Å². The fraction of sp³-hybridized carbons (Fsp3) is 0. The van der Waals surface area contributed by atoms with Crippen LogP contribution in [0.4, 0.5) is 17.1 Å². The van der Waals surface area contributed by atoms with Gasteiger partial charge in [-0.3, -0.25) is 0 Å². The first-order chi connectivity index (χ1) is 20.7. The Morgan fingerprint density at radius 1 is 0.357 bits per heavy atom. The minimum atomic E-state index is 0.701. The number of rotatable bonds is 4. The predicted octanol–water partition coefficient (Wildman–Crippen LogP) is 12.1. The summed E-state index contributed by atoms with van der Waals surface area (Å²) in [5.41, 5.74) is 5.43. The van der Waals surface area contributed by atoms with Gasteiger partial charge in [0.1, 0.15) is 0 Å². The minimum Gasteiger partial charge on any atom is -0.310 e. The van der Waals surface area contributed by atoms with Gasteiger partial charge in [-0.05, 0) is 91.3 Å². The number of benzene rings is 8. The summed E-state index contributed by atoms with van der Waals surface area (Å²) in [5, 5.41) is 10.7. The molecule has 0 saturated heterocycles. The van der Waals surface area contributed by atoms with Crippen molar-refractivity contribution in [2.75, 3.05) is 4.90 Å². The van der Waals surface area contributed by atoms with Gasteiger partial charge >= 0.3 is 0 Å². The number of anilines is 3. The van der Waals surface area contributed by atoms with Gasteiger partial charge in [-0.1, -0.05) is 127 Å². The Hall–Kier alpha value is -5.11. The highest BCUT2D eigenvalue weighted by Gasteiger charge is 2.17. The van der Waals surface area contributed by atoms with E-state index in [2.05, 4.69) is 163 Å². The molecule has 0 bridgehead atoms. The molecule has 0 fully saturated rings. The Kier molecular flexibility index (Phi) is 5.91. The highest BCUT2D eigenvalue weighted by atomic mass is 35.5. The molecule has 8 rings (SSSR count). The van der Waals surface area contributed by atoms with Gasteiger partial charge in [0.25, 0.3) is 0 Å². The highest BCUT2D eigenvalue weighted by molar-refractivity contribution is 6.31. The monoisotopic (exact) mass is 555 g/mol. The number of fused-ring (bicyclic) bond motifs is 7. The SMILES string of the molecule is Clc1cc(-c2ccc3c4ccccc4c4ccccc4c3c2)cc(N(c2ccccc2)c2cccc3ccccc23)c1. The Balaban J connectivity index is 1.36. The van der Waals surface area contributed by atoms with Crippen molar-refractivity contribution >= 4 is 71.8 Å².